The second-order valence-corrected chi connectivity index (χ2v) is 4.77. The summed E-state index contributed by atoms with van der Waals surface area (Å²) in [5, 5.41) is 11.6. The van der Waals surface area contributed by atoms with Gasteiger partial charge in [-0.05, 0) is 31.9 Å². The smallest absolute Gasteiger partial charge is 0.282 e. The van der Waals surface area contributed by atoms with Crippen molar-refractivity contribution in [3.63, 3.8) is 0 Å². The van der Waals surface area contributed by atoms with E-state index in [-0.39, 0.29) is 5.56 Å². The highest BCUT2D eigenvalue weighted by atomic mass is 79.9. The Labute approximate surface area is 108 Å². The van der Waals surface area contributed by atoms with Crippen molar-refractivity contribution in [2.75, 3.05) is 0 Å². The Kier molecular flexibility index (Phi) is 3.20. The Balaban J connectivity index is 2.40. The van der Waals surface area contributed by atoms with E-state index in [1.807, 2.05) is 7.05 Å². The molecule has 0 aliphatic rings. The quantitative estimate of drug-likeness (QED) is 0.810. The van der Waals surface area contributed by atoms with E-state index in [1.165, 1.54) is 4.68 Å². The molecule has 0 N–H and O–H groups in total. The number of hydrogen-bond donors (Lipinski definition) is 0. The summed E-state index contributed by atoms with van der Waals surface area (Å²) in [4.78, 5) is 11.8. The minimum Gasteiger partial charge on any atom is -0.319 e. The van der Waals surface area contributed by atoms with Crippen LogP contribution in [0.4, 0.5) is 0 Å². The monoisotopic (exact) mass is 347 g/mol. The van der Waals surface area contributed by atoms with Crippen LogP contribution in [0.15, 0.2) is 26.3 Å². The lowest BCUT2D eigenvalue weighted by atomic mass is 10.5. The van der Waals surface area contributed by atoms with E-state index >= 15 is 0 Å². The van der Waals surface area contributed by atoms with Gasteiger partial charge >= 0.3 is 0 Å². The lowest BCUT2D eigenvalue weighted by Gasteiger charge is -2.04. The number of hydrogen-bond acceptors (Lipinski definition) is 4. The molecule has 8 heteroatoms. The highest BCUT2D eigenvalue weighted by molar-refractivity contribution is 9.13. The van der Waals surface area contributed by atoms with Crippen LogP contribution in [0.3, 0.4) is 0 Å². The van der Waals surface area contributed by atoms with Crippen LogP contribution >= 0.6 is 31.9 Å². The standard InChI is InChI=1S/C8H7Br2N5O/c1-14-4-11-13-6(14)3-15-8(16)7(10)5(9)2-12-15/h2,4H,3H2,1H3. The molecule has 0 amide bonds. The van der Waals surface area contributed by atoms with Gasteiger partial charge in [0.2, 0.25) is 0 Å². The molecule has 0 unspecified atom stereocenters. The van der Waals surface area contributed by atoms with Gasteiger partial charge in [-0.2, -0.15) is 5.10 Å². The minimum atomic E-state index is -0.211. The predicted octanol–water partition coefficient (Wildman–Crippen LogP) is 0.945. The van der Waals surface area contributed by atoms with Crippen molar-refractivity contribution < 1.29 is 0 Å². The first-order valence-electron chi connectivity index (χ1n) is 4.33. The second-order valence-electron chi connectivity index (χ2n) is 3.13. The van der Waals surface area contributed by atoms with Gasteiger partial charge in [-0.15, -0.1) is 10.2 Å². The Bertz CT molecular complexity index is 576. The van der Waals surface area contributed by atoms with Crippen LogP contribution in [0.5, 0.6) is 0 Å². The normalized spacial score (nSPS) is 10.7. The fourth-order valence-electron chi connectivity index (χ4n) is 1.14. The molecular weight excluding hydrogens is 342 g/mol. The van der Waals surface area contributed by atoms with Gasteiger partial charge in [0.1, 0.15) is 17.3 Å². The number of nitrogens with zero attached hydrogens (tertiary/aromatic N) is 5. The molecule has 6 nitrogen and oxygen atoms in total. The predicted molar refractivity (Wildman–Crippen MR) is 64.0 cm³/mol. The molecule has 0 bridgehead atoms. The molecule has 0 spiro atoms. The average molecular weight is 349 g/mol. The van der Waals surface area contributed by atoms with Crippen LogP contribution in [0, 0.1) is 0 Å². The van der Waals surface area contributed by atoms with Crippen molar-refractivity contribution in [3.8, 4) is 0 Å². The van der Waals surface area contributed by atoms with E-state index in [4.69, 9.17) is 0 Å². The highest BCUT2D eigenvalue weighted by Gasteiger charge is 2.09. The van der Waals surface area contributed by atoms with Crippen molar-refractivity contribution in [1.29, 1.82) is 0 Å². The molecule has 2 aromatic heterocycles. The van der Waals surface area contributed by atoms with E-state index in [0.717, 1.165) is 0 Å². The topological polar surface area (TPSA) is 65.6 Å². The van der Waals surface area contributed by atoms with E-state index < -0.39 is 0 Å². The molecule has 0 aromatic carbocycles. The summed E-state index contributed by atoms with van der Waals surface area (Å²) in [6.07, 6.45) is 3.14. The summed E-state index contributed by atoms with van der Waals surface area (Å²) < 4.78 is 4.14. The van der Waals surface area contributed by atoms with Crippen molar-refractivity contribution in [2.24, 2.45) is 7.05 Å². The van der Waals surface area contributed by atoms with Gasteiger partial charge in [0.15, 0.2) is 5.82 Å². The molecule has 0 fully saturated rings. The summed E-state index contributed by atoms with van der Waals surface area (Å²) >= 11 is 6.41. The Morgan fingerprint density at radius 3 is 2.81 bits per heavy atom. The fraction of sp³-hybridized carbons (Fsp3) is 0.250. The third-order valence-electron chi connectivity index (χ3n) is 2.04. The first kappa shape index (κ1) is 11.5. The molecule has 0 atom stereocenters. The fourth-order valence-corrected chi connectivity index (χ4v) is 1.71. The maximum absolute atomic E-state index is 11.8. The molecule has 0 aliphatic heterocycles. The number of halogens is 2. The Morgan fingerprint density at radius 1 is 1.44 bits per heavy atom. The van der Waals surface area contributed by atoms with Crippen LogP contribution < -0.4 is 5.56 Å². The van der Waals surface area contributed by atoms with Crippen LogP contribution in [-0.4, -0.2) is 24.5 Å². The highest BCUT2D eigenvalue weighted by Crippen LogP contribution is 2.16. The van der Waals surface area contributed by atoms with Gasteiger partial charge in [0.25, 0.3) is 5.56 Å². The lowest BCUT2D eigenvalue weighted by Crippen LogP contribution is -2.25. The molecule has 2 heterocycles. The summed E-state index contributed by atoms with van der Waals surface area (Å²) in [6, 6.07) is 0. The van der Waals surface area contributed by atoms with Gasteiger partial charge in [-0.3, -0.25) is 4.79 Å². The van der Waals surface area contributed by atoms with Gasteiger partial charge in [-0.25, -0.2) is 4.68 Å². The van der Waals surface area contributed by atoms with Gasteiger partial charge in [0.05, 0.1) is 10.7 Å². The van der Waals surface area contributed by atoms with Crippen molar-refractivity contribution in [3.05, 3.63) is 37.6 Å². The number of rotatable bonds is 2. The third-order valence-corrected chi connectivity index (χ3v) is 3.94. The first-order valence-corrected chi connectivity index (χ1v) is 5.92. The first-order chi connectivity index (χ1) is 7.59. The molecule has 0 saturated heterocycles. The molecule has 0 saturated carbocycles. The van der Waals surface area contributed by atoms with Crippen LogP contribution in [0.2, 0.25) is 0 Å². The third kappa shape index (κ3) is 2.07. The SMILES string of the molecule is Cn1cnnc1Cn1ncc(Br)c(Br)c1=O. The molecule has 2 rings (SSSR count). The van der Waals surface area contributed by atoms with Gasteiger partial charge in [-0.1, -0.05) is 0 Å². The molecule has 84 valence electrons. The molecule has 2 aromatic rings. The van der Waals surface area contributed by atoms with Crippen molar-refractivity contribution in [1.82, 2.24) is 24.5 Å². The molecule has 0 radical (unpaired) electrons. The van der Waals surface area contributed by atoms with E-state index in [2.05, 4.69) is 47.2 Å². The summed E-state index contributed by atoms with van der Waals surface area (Å²) in [5.74, 6) is 0.670. The lowest BCUT2D eigenvalue weighted by molar-refractivity contribution is 0.591. The Morgan fingerprint density at radius 2 is 2.19 bits per heavy atom. The second kappa shape index (κ2) is 4.46. The molecular formula is C8H7Br2N5O. The van der Waals surface area contributed by atoms with Crippen LogP contribution in [0.25, 0.3) is 0 Å². The minimum absolute atomic E-state index is 0.211. The summed E-state index contributed by atoms with van der Waals surface area (Å²) in [5.41, 5.74) is -0.211. The van der Waals surface area contributed by atoms with E-state index in [9.17, 15) is 4.79 Å². The zero-order valence-corrected chi connectivity index (χ0v) is 11.4. The average Bonchev–Trinajstić information content (AvgIpc) is 2.65. The van der Waals surface area contributed by atoms with Crippen LogP contribution in [-0.2, 0) is 13.6 Å². The zero-order valence-electron chi connectivity index (χ0n) is 8.26. The largest absolute Gasteiger partial charge is 0.319 e. The maximum Gasteiger partial charge on any atom is 0.282 e. The molecule has 0 aliphatic carbocycles. The zero-order chi connectivity index (χ0) is 11.7. The van der Waals surface area contributed by atoms with Crippen molar-refractivity contribution in [2.45, 2.75) is 6.54 Å². The van der Waals surface area contributed by atoms with E-state index in [0.29, 0.717) is 21.3 Å². The summed E-state index contributed by atoms with van der Waals surface area (Å²) in [6.45, 7) is 0.293. The summed E-state index contributed by atoms with van der Waals surface area (Å²) in [7, 11) is 1.81. The van der Waals surface area contributed by atoms with Crippen LogP contribution in [0.1, 0.15) is 5.82 Å². The Hall–Kier alpha value is -1.02. The van der Waals surface area contributed by atoms with Gasteiger partial charge < -0.3 is 4.57 Å². The molecule has 16 heavy (non-hydrogen) atoms. The van der Waals surface area contributed by atoms with Crippen molar-refractivity contribution >= 4 is 31.9 Å². The van der Waals surface area contributed by atoms with E-state index in [1.54, 1.807) is 17.1 Å². The van der Waals surface area contributed by atoms with Gasteiger partial charge in [0, 0.05) is 7.05 Å². The number of aromatic nitrogens is 5. The maximum atomic E-state index is 11.8. The number of aryl methyl sites for hydroxylation is 1.